The summed E-state index contributed by atoms with van der Waals surface area (Å²) in [4.78, 5) is 39.5. The van der Waals surface area contributed by atoms with Crippen molar-refractivity contribution in [2.24, 2.45) is 0 Å². The van der Waals surface area contributed by atoms with E-state index in [4.69, 9.17) is 5.11 Å². The molecule has 1 aromatic rings. The average molecular weight is 380 g/mol. The Morgan fingerprint density at radius 1 is 1.41 bits per heavy atom. The summed E-state index contributed by atoms with van der Waals surface area (Å²) >= 11 is 0. The van der Waals surface area contributed by atoms with E-state index >= 15 is 0 Å². The van der Waals surface area contributed by atoms with E-state index < -0.39 is 29.3 Å². The molecule has 1 atom stereocenters. The third-order valence-electron chi connectivity index (χ3n) is 4.88. The van der Waals surface area contributed by atoms with E-state index in [1.54, 1.807) is 4.90 Å². The number of aromatic nitrogens is 1. The maximum atomic E-state index is 14.5. The van der Waals surface area contributed by atoms with Crippen LogP contribution in [0.2, 0.25) is 0 Å². The van der Waals surface area contributed by atoms with Gasteiger partial charge in [0.15, 0.2) is 11.6 Å². The molecule has 0 saturated carbocycles. The normalized spacial score (nSPS) is 22.3. The van der Waals surface area contributed by atoms with Gasteiger partial charge in [0.2, 0.25) is 11.8 Å². The number of carbonyl (C=O) groups excluding carboxylic acids is 2. The molecule has 4 N–H and O–H groups in total. The number of carboxylic acids is 1. The lowest BCUT2D eigenvalue weighted by molar-refractivity contribution is -0.143. The van der Waals surface area contributed by atoms with Crippen molar-refractivity contribution < 1.29 is 29.0 Å². The summed E-state index contributed by atoms with van der Waals surface area (Å²) < 4.78 is 14.5. The smallest absolute Gasteiger partial charge is 0.306 e. The number of aliphatic hydroxyl groups is 1. The molecule has 2 saturated heterocycles. The van der Waals surface area contributed by atoms with Crippen LogP contribution in [0.5, 0.6) is 0 Å². The molecule has 0 aliphatic carbocycles. The Hall–Kier alpha value is -2.75. The molecule has 0 unspecified atom stereocenters. The van der Waals surface area contributed by atoms with Gasteiger partial charge in [-0.05, 0) is 19.3 Å². The highest BCUT2D eigenvalue weighted by molar-refractivity contribution is 6.01. The van der Waals surface area contributed by atoms with Crippen LogP contribution in [0.3, 0.4) is 0 Å². The van der Waals surface area contributed by atoms with E-state index in [2.05, 4.69) is 15.6 Å². The van der Waals surface area contributed by atoms with Gasteiger partial charge in [-0.15, -0.1) is 0 Å². The summed E-state index contributed by atoms with van der Waals surface area (Å²) in [6, 6.07) is 0.597. The van der Waals surface area contributed by atoms with E-state index in [1.165, 1.54) is 12.3 Å². The Morgan fingerprint density at radius 2 is 2.11 bits per heavy atom. The molecule has 3 heterocycles. The minimum Gasteiger partial charge on any atom is -0.481 e. The summed E-state index contributed by atoms with van der Waals surface area (Å²) in [6.07, 6.45) is 2.01. The van der Waals surface area contributed by atoms with Gasteiger partial charge in [-0.3, -0.25) is 19.7 Å². The summed E-state index contributed by atoms with van der Waals surface area (Å²) in [7, 11) is 0. The Morgan fingerprint density at radius 3 is 2.70 bits per heavy atom. The molecule has 3 rings (SSSR count). The first-order chi connectivity index (χ1) is 12.8. The predicted molar refractivity (Wildman–Crippen MR) is 92.6 cm³/mol. The Balaban J connectivity index is 1.63. The average Bonchev–Trinajstić information content (AvgIpc) is 2.58. The molecule has 2 fully saturated rings. The topological polar surface area (TPSA) is 132 Å². The first-order valence-corrected chi connectivity index (χ1v) is 8.71. The highest BCUT2D eigenvalue weighted by Gasteiger charge is 2.35. The molecule has 2 amide bonds. The van der Waals surface area contributed by atoms with Crippen molar-refractivity contribution in [1.82, 2.24) is 10.3 Å². The number of rotatable bonds is 5. The van der Waals surface area contributed by atoms with Crippen LogP contribution < -0.4 is 15.5 Å². The monoisotopic (exact) mass is 380 g/mol. The highest BCUT2D eigenvalue weighted by Crippen LogP contribution is 2.30. The second-order valence-corrected chi connectivity index (χ2v) is 6.96. The number of carboxylic acid groups (broad SMARTS) is 1. The molecule has 1 aromatic heterocycles. The zero-order valence-corrected chi connectivity index (χ0v) is 14.6. The van der Waals surface area contributed by atoms with Crippen molar-refractivity contribution in [3.05, 3.63) is 18.1 Å². The van der Waals surface area contributed by atoms with Gasteiger partial charge in [0.25, 0.3) is 0 Å². The van der Waals surface area contributed by atoms with Crippen LogP contribution in [0.15, 0.2) is 12.3 Å². The molecule has 27 heavy (non-hydrogen) atoms. The van der Waals surface area contributed by atoms with Gasteiger partial charge >= 0.3 is 5.97 Å². The second-order valence-electron chi connectivity index (χ2n) is 6.96. The van der Waals surface area contributed by atoms with Crippen LogP contribution in [0.1, 0.15) is 32.1 Å². The number of halogens is 1. The molecule has 2 aliphatic rings. The van der Waals surface area contributed by atoms with Gasteiger partial charge in [0, 0.05) is 25.6 Å². The number of pyridine rings is 1. The van der Waals surface area contributed by atoms with E-state index in [1.807, 2.05) is 0 Å². The second kappa shape index (κ2) is 7.47. The van der Waals surface area contributed by atoms with E-state index in [0.717, 1.165) is 0 Å². The third kappa shape index (κ3) is 4.51. The van der Waals surface area contributed by atoms with Crippen molar-refractivity contribution in [3.63, 3.8) is 0 Å². The van der Waals surface area contributed by atoms with Gasteiger partial charge in [0.1, 0.15) is 6.04 Å². The van der Waals surface area contributed by atoms with E-state index in [9.17, 15) is 23.9 Å². The molecule has 0 aromatic carbocycles. The van der Waals surface area contributed by atoms with Crippen LogP contribution in [0.25, 0.3) is 0 Å². The third-order valence-corrected chi connectivity index (χ3v) is 4.88. The lowest BCUT2D eigenvalue weighted by atomic mass is 9.88. The molecule has 9 nitrogen and oxygen atoms in total. The summed E-state index contributed by atoms with van der Waals surface area (Å²) in [5, 5.41) is 24.2. The van der Waals surface area contributed by atoms with Crippen molar-refractivity contribution >= 4 is 29.3 Å². The van der Waals surface area contributed by atoms with Crippen LogP contribution in [-0.4, -0.2) is 57.7 Å². The number of anilines is 2. The zero-order chi connectivity index (χ0) is 19.6. The van der Waals surface area contributed by atoms with Gasteiger partial charge in [-0.1, -0.05) is 0 Å². The lowest BCUT2D eigenvalue weighted by Crippen LogP contribution is -2.47. The Bertz CT molecular complexity index is 764. The fourth-order valence-corrected chi connectivity index (χ4v) is 3.37. The molecular weight excluding hydrogens is 359 g/mol. The van der Waals surface area contributed by atoms with Crippen LogP contribution in [-0.2, 0) is 14.4 Å². The quantitative estimate of drug-likeness (QED) is 0.534. The molecule has 0 spiro atoms. The molecule has 0 bridgehead atoms. The molecule has 10 heteroatoms. The molecule has 2 aliphatic heterocycles. The molecule has 146 valence electrons. The number of nitrogens with one attached hydrogen (secondary N) is 2. The van der Waals surface area contributed by atoms with Crippen molar-refractivity contribution in [2.45, 2.75) is 43.7 Å². The van der Waals surface area contributed by atoms with E-state index in [-0.39, 0.29) is 50.5 Å². The standard InChI is InChI=1S/C17H21FN4O5/c18-11-7-10(20-12-1-2-13(23)21-16(12)26)9-19-15(11)22-5-3-17(27,4-6-22)8-14(24)25/h7,9,12,20,27H,1-6,8H2,(H,24,25)(H,21,23,26)/t12-/m1/s1. The summed E-state index contributed by atoms with van der Waals surface area (Å²) in [5.74, 6) is -2.33. The number of piperidine rings is 2. The lowest BCUT2D eigenvalue weighted by Gasteiger charge is -2.38. The minimum absolute atomic E-state index is 0.112. The number of amides is 2. The number of imide groups is 1. The maximum absolute atomic E-state index is 14.5. The first-order valence-electron chi connectivity index (χ1n) is 8.71. The van der Waals surface area contributed by atoms with Crippen molar-refractivity contribution in [3.8, 4) is 0 Å². The van der Waals surface area contributed by atoms with Crippen LogP contribution >= 0.6 is 0 Å². The highest BCUT2D eigenvalue weighted by atomic mass is 19.1. The van der Waals surface area contributed by atoms with Crippen LogP contribution in [0, 0.1) is 5.82 Å². The van der Waals surface area contributed by atoms with Crippen LogP contribution in [0.4, 0.5) is 15.9 Å². The zero-order valence-electron chi connectivity index (χ0n) is 14.6. The van der Waals surface area contributed by atoms with Gasteiger partial charge in [-0.2, -0.15) is 0 Å². The fraction of sp³-hybridized carbons (Fsp3) is 0.529. The fourth-order valence-electron chi connectivity index (χ4n) is 3.37. The first kappa shape index (κ1) is 19.0. The summed E-state index contributed by atoms with van der Waals surface area (Å²) in [5.41, 5.74) is -0.961. The number of aliphatic carboxylic acids is 1. The Labute approximate surface area is 154 Å². The van der Waals surface area contributed by atoms with Crippen molar-refractivity contribution in [1.29, 1.82) is 0 Å². The van der Waals surface area contributed by atoms with Crippen molar-refractivity contribution in [2.75, 3.05) is 23.3 Å². The number of carbonyl (C=O) groups is 3. The SMILES string of the molecule is O=C(O)CC1(O)CCN(c2ncc(N[C@@H]3CCC(=O)NC3=O)cc2F)CC1. The van der Waals surface area contributed by atoms with Gasteiger partial charge in [0.05, 0.1) is 23.9 Å². The van der Waals surface area contributed by atoms with Gasteiger partial charge in [-0.25, -0.2) is 9.37 Å². The summed E-state index contributed by atoms with van der Waals surface area (Å²) in [6.45, 7) is 0.571. The molecule has 0 radical (unpaired) electrons. The van der Waals surface area contributed by atoms with E-state index in [0.29, 0.717) is 12.1 Å². The van der Waals surface area contributed by atoms with Gasteiger partial charge < -0.3 is 20.4 Å². The largest absolute Gasteiger partial charge is 0.481 e. The molecular formula is C17H21FN4O5. The predicted octanol–water partition coefficient (Wildman–Crippen LogP) is 0.244. The maximum Gasteiger partial charge on any atom is 0.306 e. The number of hydrogen-bond donors (Lipinski definition) is 4. The Kier molecular flexibility index (Phi) is 5.26. The number of hydrogen-bond acceptors (Lipinski definition) is 7. The minimum atomic E-state index is -1.29. The number of nitrogens with zero attached hydrogens (tertiary/aromatic N) is 2.